The van der Waals surface area contributed by atoms with Crippen molar-refractivity contribution in [3.8, 4) is 23.0 Å². The van der Waals surface area contributed by atoms with Crippen LogP contribution in [0, 0.1) is 0 Å². The molecule has 2 N–H and O–H groups in total. The Morgan fingerprint density at radius 2 is 0.957 bits per heavy atom. The third kappa shape index (κ3) is 7.79. The van der Waals surface area contributed by atoms with Crippen LogP contribution in [0.15, 0.2) is 59.1 Å². The monoisotopic (exact) mass is 640 g/mol. The summed E-state index contributed by atoms with van der Waals surface area (Å²) in [6.07, 6.45) is -1.31. The lowest BCUT2D eigenvalue weighted by Crippen LogP contribution is -2.31. The van der Waals surface area contributed by atoms with Crippen molar-refractivity contribution in [1.82, 2.24) is 0 Å². The first-order chi connectivity index (χ1) is 21.8. The Bertz CT molecular complexity index is 1430. The fraction of sp³-hybridized carbons (Fsp3) is 0.412. The van der Waals surface area contributed by atoms with Gasteiger partial charge in [0.25, 0.3) is 0 Å². The number of rotatable bonds is 14. The maximum absolute atomic E-state index is 13.9. The second-order valence-corrected chi connectivity index (χ2v) is 11.0. The van der Waals surface area contributed by atoms with E-state index < -0.39 is 70.8 Å². The van der Waals surface area contributed by atoms with Crippen molar-refractivity contribution < 1.29 is 57.8 Å². The molecule has 0 saturated carbocycles. The summed E-state index contributed by atoms with van der Waals surface area (Å²) in [6, 6.07) is 9.25. The fourth-order valence-electron chi connectivity index (χ4n) is 5.14. The molecule has 46 heavy (non-hydrogen) atoms. The van der Waals surface area contributed by atoms with Crippen LogP contribution in [0.4, 0.5) is 0 Å². The third-order valence-corrected chi connectivity index (χ3v) is 7.23. The molecule has 1 aliphatic rings. The van der Waals surface area contributed by atoms with E-state index >= 15 is 0 Å². The molecule has 1 aliphatic carbocycles. The Hall–Kier alpha value is -5.00. The molecule has 0 amide bonds. The Balaban J connectivity index is 2.19. The summed E-state index contributed by atoms with van der Waals surface area (Å²) in [5.74, 6) is -6.85. The smallest absolute Gasteiger partial charge is 0.306 e. The second-order valence-electron chi connectivity index (χ2n) is 11.0. The molecular weight excluding hydrogens is 600 g/mol. The van der Waals surface area contributed by atoms with E-state index in [9.17, 15) is 29.4 Å². The number of carbonyl (C=O) groups excluding carboxylic acids is 4. The SMILES string of the molecule is COC(=O)C[C@H](C1=C(O)C(=O)C([C@@H](CC(=O)OC)c2ccc(OC(C)C)c(OC)c2)=C(O)C1=O)c1ccc(OC(C)C)c(OC)c1. The van der Waals surface area contributed by atoms with Gasteiger partial charge in [-0.05, 0) is 63.1 Å². The predicted octanol–water partition coefficient (Wildman–Crippen LogP) is 5.05. The number of carbonyl (C=O) groups is 4. The van der Waals surface area contributed by atoms with Crippen LogP contribution in [0.1, 0.15) is 63.5 Å². The molecule has 0 bridgehead atoms. The van der Waals surface area contributed by atoms with Crippen LogP contribution < -0.4 is 18.9 Å². The van der Waals surface area contributed by atoms with Gasteiger partial charge in [0.05, 0.1) is 64.6 Å². The van der Waals surface area contributed by atoms with Crippen LogP contribution in [-0.2, 0) is 28.7 Å². The first-order valence-corrected chi connectivity index (χ1v) is 14.6. The minimum absolute atomic E-state index is 0.188. The average molecular weight is 641 g/mol. The number of aliphatic hydroxyl groups excluding tert-OH is 2. The van der Waals surface area contributed by atoms with Crippen molar-refractivity contribution in [2.45, 2.75) is 64.6 Å². The summed E-state index contributed by atoms with van der Waals surface area (Å²) in [6.45, 7) is 7.30. The van der Waals surface area contributed by atoms with Gasteiger partial charge in [-0.2, -0.15) is 0 Å². The van der Waals surface area contributed by atoms with Gasteiger partial charge >= 0.3 is 11.9 Å². The molecule has 0 aliphatic heterocycles. The molecular formula is C34H40O12. The van der Waals surface area contributed by atoms with Crippen molar-refractivity contribution in [1.29, 1.82) is 0 Å². The van der Waals surface area contributed by atoms with Gasteiger partial charge in [-0.25, -0.2) is 0 Å². The lowest BCUT2D eigenvalue weighted by molar-refractivity contribution is -0.142. The Morgan fingerprint density at radius 3 is 1.24 bits per heavy atom. The van der Waals surface area contributed by atoms with Crippen LogP contribution in [0.2, 0.25) is 0 Å². The Labute approximate surface area is 267 Å². The number of benzene rings is 2. The quantitative estimate of drug-likeness (QED) is 0.209. The van der Waals surface area contributed by atoms with Gasteiger partial charge in [-0.15, -0.1) is 0 Å². The topological polar surface area (TPSA) is 164 Å². The Morgan fingerprint density at radius 1 is 0.609 bits per heavy atom. The van der Waals surface area contributed by atoms with Crippen LogP contribution >= 0.6 is 0 Å². The lowest BCUT2D eigenvalue weighted by atomic mass is 9.75. The van der Waals surface area contributed by atoms with Crippen molar-refractivity contribution in [3.63, 3.8) is 0 Å². The molecule has 0 saturated heterocycles. The number of ether oxygens (including phenoxy) is 6. The minimum Gasteiger partial charge on any atom is -0.504 e. The zero-order valence-electron chi connectivity index (χ0n) is 27.2. The third-order valence-electron chi connectivity index (χ3n) is 7.23. The molecule has 12 nitrogen and oxygen atoms in total. The number of methoxy groups -OCH3 is 4. The van der Waals surface area contributed by atoms with E-state index in [0.717, 1.165) is 14.2 Å². The summed E-state index contributed by atoms with van der Waals surface area (Å²) in [7, 11) is 5.12. The number of aliphatic hydroxyl groups is 2. The van der Waals surface area contributed by atoms with Crippen molar-refractivity contribution in [2.24, 2.45) is 0 Å². The zero-order valence-corrected chi connectivity index (χ0v) is 27.2. The van der Waals surface area contributed by atoms with E-state index in [0.29, 0.717) is 22.6 Å². The summed E-state index contributed by atoms with van der Waals surface area (Å²) >= 11 is 0. The number of Topliss-reactive ketones (excluding diaryl/α,β-unsaturated/α-hetero) is 2. The highest BCUT2D eigenvalue weighted by Gasteiger charge is 2.43. The van der Waals surface area contributed by atoms with Gasteiger partial charge in [0.1, 0.15) is 0 Å². The second kappa shape index (κ2) is 15.3. The molecule has 0 spiro atoms. The van der Waals surface area contributed by atoms with E-state index in [4.69, 9.17) is 28.4 Å². The molecule has 3 rings (SSSR count). The van der Waals surface area contributed by atoms with Crippen molar-refractivity contribution in [2.75, 3.05) is 28.4 Å². The summed E-state index contributed by atoms with van der Waals surface area (Å²) in [4.78, 5) is 52.8. The number of hydrogen-bond donors (Lipinski definition) is 2. The highest BCUT2D eigenvalue weighted by molar-refractivity contribution is 6.24. The van der Waals surface area contributed by atoms with Crippen molar-refractivity contribution in [3.05, 3.63) is 70.2 Å². The van der Waals surface area contributed by atoms with Crippen molar-refractivity contribution >= 4 is 23.5 Å². The number of allylic oxidation sites excluding steroid dienone is 2. The number of hydrogen-bond acceptors (Lipinski definition) is 12. The van der Waals surface area contributed by atoms with E-state index in [1.807, 2.05) is 27.7 Å². The molecule has 0 fully saturated rings. The zero-order chi connectivity index (χ0) is 34.3. The molecule has 12 heteroatoms. The van der Waals surface area contributed by atoms with Crippen LogP contribution in [0.3, 0.4) is 0 Å². The highest BCUT2D eigenvalue weighted by atomic mass is 16.5. The number of ketones is 2. The molecule has 0 heterocycles. The minimum atomic E-state index is -1.23. The van der Waals surface area contributed by atoms with Crippen LogP contribution in [-0.4, -0.2) is 74.4 Å². The van der Waals surface area contributed by atoms with Crippen LogP contribution in [0.5, 0.6) is 23.0 Å². The van der Waals surface area contributed by atoms with Gasteiger partial charge in [0, 0.05) is 11.8 Å². The standard InChI is InChI=1S/C34H40O12/c1-17(2)45-23-11-9-19(13-25(23)41-5)21(15-27(35)43-7)29-31(37)33(39)30(34(40)32(29)38)22(16-28(36)44-8)20-10-12-24(46-18(3)4)26(14-20)42-6/h9-14,17-18,21-22,37,40H,15-16H2,1-8H3/t21-,22-/m0/s1. The molecule has 0 unspecified atom stereocenters. The van der Waals surface area contributed by atoms with Gasteiger partial charge < -0.3 is 38.6 Å². The van der Waals surface area contributed by atoms with Crippen LogP contribution in [0.25, 0.3) is 0 Å². The first kappa shape index (κ1) is 35.5. The number of esters is 2. The Kier molecular flexibility index (Phi) is 11.8. The molecule has 2 aromatic carbocycles. The normalized spacial score (nSPS) is 14.7. The summed E-state index contributed by atoms with van der Waals surface area (Å²) < 4.78 is 32.1. The van der Waals surface area contributed by atoms with Gasteiger partial charge in [-0.1, -0.05) is 12.1 Å². The summed E-state index contributed by atoms with van der Waals surface area (Å²) in [5.41, 5.74) is -0.444. The summed E-state index contributed by atoms with van der Waals surface area (Å²) in [5, 5.41) is 22.7. The van der Waals surface area contributed by atoms with Gasteiger partial charge in [-0.3, -0.25) is 19.2 Å². The maximum atomic E-state index is 13.9. The molecule has 248 valence electrons. The predicted molar refractivity (Wildman–Crippen MR) is 166 cm³/mol. The maximum Gasteiger partial charge on any atom is 0.306 e. The van der Waals surface area contributed by atoms with Gasteiger partial charge in [0.2, 0.25) is 11.6 Å². The average Bonchev–Trinajstić information content (AvgIpc) is 3.02. The van der Waals surface area contributed by atoms with E-state index in [2.05, 4.69) is 0 Å². The fourth-order valence-corrected chi connectivity index (χ4v) is 5.14. The molecule has 0 aromatic heterocycles. The highest BCUT2D eigenvalue weighted by Crippen LogP contribution is 2.43. The molecule has 0 radical (unpaired) electrons. The largest absolute Gasteiger partial charge is 0.504 e. The van der Waals surface area contributed by atoms with E-state index in [1.165, 1.54) is 26.4 Å². The van der Waals surface area contributed by atoms with Gasteiger partial charge in [0.15, 0.2) is 34.5 Å². The molecule has 2 atom stereocenters. The first-order valence-electron chi connectivity index (χ1n) is 14.6. The molecule has 2 aromatic rings. The lowest BCUT2D eigenvalue weighted by Gasteiger charge is -2.28. The van der Waals surface area contributed by atoms with E-state index in [1.54, 1.807) is 24.3 Å². The van der Waals surface area contributed by atoms with E-state index in [-0.39, 0.29) is 23.7 Å².